The molecule has 1 atom stereocenters. The van der Waals surface area contributed by atoms with E-state index in [0.717, 1.165) is 0 Å². The van der Waals surface area contributed by atoms with Crippen molar-refractivity contribution in [3.05, 3.63) is 29.3 Å². The Kier molecular flexibility index (Phi) is 3.14. The zero-order valence-corrected chi connectivity index (χ0v) is 7.70. The van der Waals surface area contributed by atoms with Gasteiger partial charge in [0, 0.05) is 12.1 Å². The summed E-state index contributed by atoms with van der Waals surface area (Å²) in [4.78, 5) is 14.3. The van der Waals surface area contributed by atoms with Crippen LogP contribution in [0.1, 0.15) is 11.4 Å². The number of pyridine rings is 1. The third-order valence-corrected chi connectivity index (χ3v) is 1.83. The summed E-state index contributed by atoms with van der Waals surface area (Å²) in [5.74, 6) is -1.49. The second-order valence-electron chi connectivity index (χ2n) is 3.02. The van der Waals surface area contributed by atoms with Gasteiger partial charge in [0.05, 0.1) is 5.69 Å². The van der Waals surface area contributed by atoms with E-state index in [1.54, 1.807) is 0 Å². The number of nitrogens with zero attached hydrogens (tertiary/aromatic N) is 1. The predicted molar refractivity (Wildman–Crippen MR) is 48.2 cm³/mol. The normalized spacial score (nSPS) is 12.5. The minimum absolute atomic E-state index is 0.108. The van der Waals surface area contributed by atoms with Gasteiger partial charge in [-0.15, -0.1) is 0 Å². The Morgan fingerprint density at radius 1 is 1.71 bits per heavy atom. The first-order valence-electron chi connectivity index (χ1n) is 4.11. The van der Waals surface area contributed by atoms with Gasteiger partial charge in [0.1, 0.15) is 11.9 Å². The molecular formula is C9H11FN2O2. The highest BCUT2D eigenvalue weighted by atomic mass is 19.1. The van der Waals surface area contributed by atoms with Gasteiger partial charge in [-0.3, -0.25) is 9.78 Å². The molecule has 76 valence electrons. The van der Waals surface area contributed by atoms with Crippen LogP contribution in [-0.2, 0) is 11.2 Å². The molecule has 14 heavy (non-hydrogen) atoms. The van der Waals surface area contributed by atoms with Crippen molar-refractivity contribution in [3.8, 4) is 0 Å². The number of aryl methyl sites for hydroxylation is 1. The smallest absolute Gasteiger partial charge is 0.320 e. The van der Waals surface area contributed by atoms with Gasteiger partial charge >= 0.3 is 5.97 Å². The van der Waals surface area contributed by atoms with E-state index in [2.05, 4.69) is 4.98 Å². The van der Waals surface area contributed by atoms with Crippen LogP contribution < -0.4 is 5.73 Å². The van der Waals surface area contributed by atoms with Crippen LogP contribution in [0.4, 0.5) is 4.39 Å². The number of rotatable bonds is 3. The highest BCUT2D eigenvalue weighted by Crippen LogP contribution is 2.06. The van der Waals surface area contributed by atoms with Gasteiger partial charge in [-0.1, -0.05) is 0 Å². The molecule has 1 heterocycles. The average molecular weight is 198 g/mol. The number of carboxylic acid groups (broad SMARTS) is 1. The topological polar surface area (TPSA) is 76.2 Å². The lowest BCUT2D eigenvalue weighted by molar-refractivity contribution is -0.138. The molecule has 0 fully saturated rings. The first-order chi connectivity index (χ1) is 6.50. The summed E-state index contributed by atoms with van der Waals surface area (Å²) in [6.45, 7) is 1.52. The van der Waals surface area contributed by atoms with Crippen LogP contribution in [0.2, 0.25) is 0 Å². The summed E-state index contributed by atoms with van der Waals surface area (Å²) in [6, 6.07) is 1.70. The summed E-state index contributed by atoms with van der Waals surface area (Å²) in [5, 5.41) is 8.54. The van der Waals surface area contributed by atoms with Crippen LogP contribution in [-0.4, -0.2) is 22.1 Å². The minimum Gasteiger partial charge on any atom is -0.480 e. The summed E-state index contributed by atoms with van der Waals surface area (Å²) in [7, 11) is 0. The maximum atomic E-state index is 12.8. The van der Waals surface area contributed by atoms with Gasteiger partial charge in [-0.2, -0.15) is 0 Å². The van der Waals surface area contributed by atoms with Crippen molar-refractivity contribution in [2.75, 3.05) is 0 Å². The van der Waals surface area contributed by atoms with Gasteiger partial charge < -0.3 is 10.8 Å². The van der Waals surface area contributed by atoms with Crippen molar-refractivity contribution < 1.29 is 14.3 Å². The van der Waals surface area contributed by atoms with Gasteiger partial charge in [0.15, 0.2) is 0 Å². The second-order valence-corrected chi connectivity index (χ2v) is 3.02. The van der Waals surface area contributed by atoms with E-state index in [1.165, 1.54) is 19.1 Å². The fraction of sp³-hybridized carbons (Fsp3) is 0.333. The number of carboxylic acids is 1. The third kappa shape index (κ3) is 2.50. The number of aromatic nitrogens is 1. The fourth-order valence-corrected chi connectivity index (χ4v) is 1.02. The molecule has 0 aliphatic rings. The maximum Gasteiger partial charge on any atom is 0.320 e. The third-order valence-electron chi connectivity index (χ3n) is 1.83. The molecule has 0 spiro atoms. The van der Waals surface area contributed by atoms with Crippen molar-refractivity contribution in [3.63, 3.8) is 0 Å². The van der Waals surface area contributed by atoms with E-state index >= 15 is 0 Å². The lowest BCUT2D eigenvalue weighted by Gasteiger charge is -2.06. The van der Waals surface area contributed by atoms with E-state index in [9.17, 15) is 9.18 Å². The first-order valence-corrected chi connectivity index (χ1v) is 4.11. The van der Waals surface area contributed by atoms with Crippen LogP contribution in [0.15, 0.2) is 12.1 Å². The van der Waals surface area contributed by atoms with Crippen molar-refractivity contribution in [2.45, 2.75) is 19.4 Å². The highest BCUT2D eigenvalue weighted by Gasteiger charge is 2.13. The maximum absolute atomic E-state index is 12.8. The van der Waals surface area contributed by atoms with Crippen LogP contribution >= 0.6 is 0 Å². The summed E-state index contributed by atoms with van der Waals surface area (Å²) in [5.41, 5.74) is 6.04. The predicted octanol–water partition coefficient (Wildman–Crippen LogP) is 0.484. The number of hydrogen-bond donors (Lipinski definition) is 2. The van der Waals surface area contributed by atoms with E-state index < -0.39 is 17.8 Å². The molecule has 0 amide bonds. The van der Waals surface area contributed by atoms with Crippen LogP contribution in [0.5, 0.6) is 0 Å². The Bertz CT molecular complexity index is 355. The number of carbonyl (C=O) groups is 1. The number of nitrogens with two attached hydrogens (primary N) is 1. The molecule has 1 aromatic heterocycles. The zero-order chi connectivity index (χ0) is 10.7. The molecule has 5 heteroatoms. The average Bonchev–Trinajstić information content (AvgIpc) is 2.11. The van der Waals surface area contributed by atoms with E-state index in [4.69, 9.17) is 10.8 Å². The molecular weight excluding hydrogens is 187 g/mol. The van der Waals surface area contributed by atoms with Gasteiger partial charge in [-0.05, 0) is 19.1 Å². The number of aliphatic carboxylic acids is 1. The largest absolute Gasteiger partial charge is 0.480 e. The molecule has 0 unspecified atom stereocenters. The Hall–Kier alpha value is -1.49. The molecule has 1 rings (SSSR count). The van der Waals surface area contributed by atoms with Gasteiger partial charge in [0.25, 0.3) is 0 Å². The zero-order valence-electron chi connectivity index (χ0n) is 7.70. The SMILES string of the molecule is Cc1nc(C[C@@H](N)C(=O)O)ccc1F. The highest BCUT2D eigenvalue weighted by molar-refractivity contribution is 5.73. The quantitative estimate of drug-likeness (QED) is 0.740. The Balaban J connectivity index is 2.78. The summed E-state index contributed by atoms with van der Waals surface area (Å²) in [6.07, 6.45) is 0.108. The number of hydrogen-bond acceptors (Lipinski definition) is 3. The number of halogens is 1. The lowest BCUT2D eigenvalue weighted by atomic mass is 10.1. The summed E-state index contributed by atoms with van der Waals surface area (Å²) >= 11 is 0. The minimum atomic E-state index is -1.09. The molecule has 0 bridgehead atoms. The Morgan fingerprint density at radius 2 is 2.36 bits per heavy atom. The molecule has 4 nitrogen and oxygen atoms in total. The van der Waals surface area contributed by atoms with E-state index in [0.29, 0.717) is 5.69 Å². The lowest BCUT2D eigenvalue weighted by Crippen LogP contribution is -2.32. The summed E-state index contributed by atoms with van der Waals surface area (Å²) < 4.78 is 12.8. The standard InChI is InChI=1S/C9H11FN2O2/c1-5-7(10)3-2-6(12-5)4-8(11)9(13)14/h2-3,8H,4,11H2,1H3,(H,13,14)/t8-/m1/s1. The molecule has 1 aromatic rings. The van der Waals surface area contributed by atoms with Crippen molar-refractivity contribution >= 4 is 5.97 Å². The van der Waals surface area contributed by atoms with Crippen LogP contribution in [0.3, 0.4) is 0 Å². The van der Waals surface area contributed by atoms with Gasteiger partial charge in [0.2, 0.25) is 0 Å². The monoisotopic (exact) mass is 198 g/mol. The Morgan fingerprint density at radius 3 is 2.86 bits per heavy atom. The molecule has 0 saturated carbocycles. The van der Waals surface area contributed by atoms with Crippen molar-refractivity contribution in [2.24, 2.45) is 5.73 Å². The van der Waals surface area contributed by atoms with Crippen LogP contribution in [0, 0.1) is 12.7 Å². The first kappa shape index (κ1) is 10.6. The molecule has 0 radical (unpaired) electrons. The molecule has 0 saturated heterocycles. The fourth-order valence-electron chi connectivity index (χ4n) is 1.02. The van der Waals surface area contributed by atoms with E-state index in [-0.39, 0.29) is 12.1 Å². The van der Waals surface area contributed by atoms with Crippen molar-refractivity contribution in [1.82, 2.24) is 4.98 Å². The van der Waals surface area contributed by atoms with Gasteiger partial charge in [-0.25, -0.2) is 4.39 Å². The van der Waals surface area contributed by atoms with E-state index in [1.807, 2.05) is 0 Å². The molecule has 0 aliphatic heterocycles. The Labute approximate surface area is 80.6 Å². The van der Waals surface area contributed by atoms with Crippen molar-refractivity contribution in [1.29, 1.82) is 0 Å². The molecule has 3 N–H and O–H groups in total. The van der Waals surface area contributed by atoms with Crippen LogP contribution in [0.25, 0.3) is 0 Å². The molecule has 0 aliphatic carbocycles. The second kappa shape index (κ2) is 4.15. The molecule has 0 aromatic carbocycles.